The molecule has 1 atom stereocenters. The number of amides is 1. The van der Waals surface area contributed by atoms with Crippen LogP contribution in [-0.2, 0) is 16.0 Å². The fourth-order valence-corrected chi connectivity index (χ4v) is 3.09. The predicted octanol–water partition coefficient (Wildman–Crippen LogP) is 1.14. The number of nitrogens with one attached hydrogen (secondary N) is 3. The van der Waals surface area contributed by atoms with Gasteiger partial charge in [-0.1, -0.05) is 12.1 Å². The summed E-state index contributed by atoms with van der Waals surface area (Å²) in [5, 5.41) is 18.7. The SMILES string of the molecule is CN=C(NCCc1ccc(NC(C)=O)cc1)NCC1(CCO)CCOC1. The first-order valence-electron chi connectivity index (χ1n) is 9.06. The Kier molecular flexibility index (Phi) is 7.87. The first kappa shape index (κ1) is 20.2. The zero-order valence-corrected chi connectivity index (χ0v) is 15.7. The zero-order chi connectivity index (χ0) is 18.8. The molecule has 1 fully saturated rings. The second-order valence-electron chi connectivity index (χ2n) is 6.76. The van der Waals surface area contributed by atoms with Gasteiger partial charge in [0.05, 0.1) is 6.61 Å². The van der Waals surface area contributed by atoms with Gasteiger partial charge in [-0.2, -0.15) is 0 Å². The van der Waals surface area contributed by atoms with Crippen molar-refractivity contribution in [2.75, 3.05) is 45.3 Å². The van der Waals surface area contributed by atoms with Gasteiger partial charge in [0.1, 0.15) is 0 Å². The summed E-state index contributed by atoms with van der Waals surface area (Å²) in [5.41, 5.74) is 1.98. The summed E-state index contributed by atoms with van der Waals surface area (Å²) >= 11 is 0. The summed E-state index contributed by atoms with van der Waals surface area (Å²) in [4.78, 5) is 15.3. The van der Waals surface area contributed by atoms with E-state index in [2.05, 4.69) is 20.9 Å². The Morgan fingerprint density at radius 1 is 1.31 bits per heavy atom. The Morgan fingerprint density at radius 3 is 2.65 bits per heavy atom. The van der Waals surface area contributed by atoms with Gasteiger partial charge >= 0.3 is 0 Å². The quantitative estimate of drug-likeness (QED) is 0.411. The number of benzene rings is 1. The number of aliphatic imine (C=N–C) groups is 1. The van der Waals surface area contributed by atoms with E-state index in [1.54, 1.807) is 7.05 Å². The number of hydrogen-bond acceptors (Lipinski definition) is 4. The van der Waals surface area contributed by atoms with E-state index in [-0.39, 0.29) is 17.9 Å². The van der Waals surface area contributed by atoms with Crippen molar-refractivity contribution in [3.8, 4) is 0 Å². The van der Waals surface area contributed by atoms with Crippen LogP contribution in [0.5, 0.6) is 0 Å². The lowest BCUT2D eigenvalue weighted by Crippen LogP contribution is -2.45. The Hall–Kier alpha value is -2.12. The second kappa shape index (κ2) is 10.1. The number of carbonyl (C=O) groups is 1. The van der Waals surface area contributed by atoms with Gasteiger partial charge in [-0.15, -0.1) is 0 Å². The Bertz CT molecular complexity index is 595. The van der Waals surface area contributed by atoms with Gasteiger partial charge in [-0.3, -0.25) is 9.79 Å². The van der Waals surface area contributed by atoms with Crippen LogP contribution >= 0.6 is 0 Å². The monoisotopic (exact) mass is 362 g/mol. The number of hydrogen-bond donors (Lipinski definition) is 4. The van der Waals surface area contributed by atoms with Crippen molar-refractivity contribution in [3.05, 3.63) is 29.8 Å². The molecule has 4 N–H and O–H groups in total. The molecule has 1 unspecified atom stereocenters. The molecule has 1 saturated heterocycles. The first-order valence-corrected chi connectivity index (χ1v) is 9.06. The standard InChI is InChI=1S/C19H30N4O3/c1-15(25)23-17-5-3-16(4-6-17)7-10-21-18(20-2)22-13-19(8-11-24)9-12-26-14-19/h3-6,24H,7-14H2,1-2H3,(H,23,25)(H2,20,21,22). The van der Waals surface area contributed by atoms with Crippen molar-refractivity contribution in [1.82, 2.24) is 10.6 Å². The summed E-state index contributed by atoms with van der Waals surface area (Å²) < 4.78 is 5.51. The van der Waals surface area contributed by atoms with Crippen LogP contribution in [0.2, 0.25) is 0 Å². The van der Waals surface area contributed by atoms with E-state index in [0.29, 0.717) is 6.61 Å². The molecule has 1 aromatic rings. The number of guanidine groups is 1. The normalized spacial score (nSPS) is 20.0. The van der Waals surface area contributed by atoms with E-state index < -0.39 is 0 Å². The number of nitrogens with zero attached hydrogens (tertiary/aromatic N) is 1. The summed E-state index contributed by atoms with van der Waals surface area (Å²) in [7, 11) is 1.75. The highest BCUT2D eigenvalue weighted by atomic mass is 16.5. The first-order chi connectivity index (χ1) is 12.6. The molecule has 2 rings (SSSR count). The van der Waals surface area contributed by atoms with Crippen molar-refractivity contribution in [2.24, 2.45) is 10.4 Å². The lowest BCUT2D eigenvalue weighted by Gasteiger charge is -2.27. The number of anilines is 1. The summed E-state index contributed by atoms with van der Waals surface area (Å²) in [5.74, 6) is 0.685. The highest BCUT2D eigenvalue weighted by Crippen LogP contribution is 2.31. The molecule has 0 aliphatic carbocycles. The Labute approximate surface area is 155 Å². The number of ether oxygens (including phenoxy) is 1. The van der Waals surface area contributed by atoms with Gasteiger partial charge in [-0.25, -0.2) is 0 Å². The second-order valence-corrected chi connectivity index (χ2v) is 6.76. The molecule has 0 radical (unpaired) electrons. The van der Waals surface area contributed by atoms with Crippen LogP contribution in [-0.4, -0.2) is 56.9 Å². The van der Waals surface area contributed by atoms with Crippen molar-refractivity contribution in [3.63, 3.8) is 0 Å². The maximum absolute atomic E-state index is 11.0. The third-order valence-corrected chi connectivity index (χ3v) is 4.66. The molecular formula is C19H30N4O3. The minimum Gasteiger partial charge on any atom is -0.396 e. The van der Waals surface area contributed by atoms with Crippen LogP contribution in [0.4, 0.5) is 5.69 Å². The molecule has 1 heterocycles. The minimum atomic E-state index is -0.0686. The van der Waals surface area contributed by atoms with Crippen LogP contribution in [0.1, 0.15) is 25.3 Å². The van der Waals surface area contributed by atoms with Crippen LogP contribution in [0.15, 0.2) is 29.3 Å². The minimum absolute atomic E-state index is 0.00802. The lowest BCUT2D eigenvalue weighted by atomic mass is 9.84. The lowest BCUT2D eigenvalue weighted by molar-refractivity contribution is -0.114. The smallest absolute Gasteiger partial charge is 0.221 e. The number of aliphatic hydroxyl groups excluding tert-OH is 1. The van der Waals surface area contributed by atoms with E-state index in [0.717, 1.165) is 50.6 Å². The topological polar surface area (TPSA) is 95.0 Å². The van der Waals surface area contributed by atoms with E-state index in [1.807, 2.05) is 24.3 Å². The predicted molar refractivity (Wildman–Crippen MR) is 103 cm³/mol. The average molecular weight is 362 g/mol. The van der Waals surface area contributed by atoms with E-state index in [9.17, 15) is 9.90 Å². The van der Waals surface area contributed by atoms with Gasteiger partial charge in [0.2, 0.25) is 5.91 Å². The van der Waals surface area contributed by atoms with Gasteiger partial charge in [0.25, 0.3) is 0 Å². The Morgan fingerprint density at radius 2 is 2.08 bits per heavy atom. The molecule has 0 spiro atoms. The molecule has 0 saturated carbocycles. The summed E-state index contributed by atoms with van der Waals surface area (Å²) in [6.45, 7) is 4.59. The molecule has 26 heavy (non-hydrogen) atoms. The molecule has 1 amide bonds. The molecule has 1 aromatic carbocycles. The van der Waals surface area contributed by atoms with Crippen molar-refractivity contribution in [1.29, 1.82) is 0 Å². The number of rotatable bonds is 8. The Balaban J connectivity index is 1.75. The number of carbonyl (C=O) groups excluding carboxylic acids is 1. The van der Waals surface area contributed by atoms with Crippen LogP contribution < -0.4 is 16.0 Å². The van der Waals surface area contributed by atoms with Crippen LogP contribution in [0.3, 0.4) is 0 Å². The van der Waals surface area contributed by atoms with Crippen LogP contribution in [0.25, 0.3) is 0 Å². The molecule has 7 nitrogen and oxygen atoms in total. The zero-order valence-electron chi connectivity index (χ0n) is 15.7. The highest BCUT2D eigenvalue weighted by Gasteiger charge is 2.34. The molecule has 0 aromatic heterocycles. The van der Waals surface area contributed by atoms with Gasteiger partial charge < -0.3 is 25.8 Å². The van der Waals surface area contributed by atoms with Crippen molar-refractivity contribution < 1.29 is 14.6 Å². The third kappa shape index (κ3) is 6.31. The molecule has 0 bridgehead atoms. The van der Waals surface area contributed by atoms with Gasteiger partial charge in [-0.05, 0) is 37.0 Å². The van der Waals surface area contributed by atoms with Gasteiger partial charge in [0, 0.05) is 51.4 Å². The third-order valence-electron chi connectivity index (χ3n) is 4.66. The fourth-order valence-electron chi connectivity index (χ4n) is 3.09. The van der Waals surface area contributed by atoms with Crippen molar-refractivity contribution >= 4 is 17.6 Å². The van der Waals surface area contributed by atoms with E-state index in [1.165, 1.54) is 12.5 Å². The average Bonchev–Trinajstić information content (AvgIpc) is 3.08. The fraction of sp³-hybridized carbons (Fsp3) is 0.579. The van der Waals surface area contributed by atoms with E-state index >= 15 is 0 Å². The maximum atomic E-state index is 11.0. The molecule has 144 valence electrons. The van der Waals surface area contributed by atoms with Gasteiger partial charge in [0.15, 0.2) is 5.96 Å². The maximum Gasteiger partial charge on any atom is 0.221 e. The highest BCUT2D eigenvalue weighted by molar-refractivity contribution is 5.88. The van der Waals surface area contributed by atoms with Crippen LogP contribution in [0, 0.1) is 5.41 Å². The number of aliphatic hydroxyl groups is 1. The molecule has 1 aliphatic rings. The summed E-state index contributed by atoms with van der Waals surface area (Å²) in [6.07, 6.45) is 2.54. The van der Waals surface area contributed by atoms with E-state index in [4.69, 9.17) is 4.74 Å². The van der Waals surface area contributed by atoms with Crippen molar-refractivity contribution in [2.45, 2.75) is 26.2 Å². The largest absolute Gasteiger partial charge is 0.396 e. The molecular weight excluding hydrogens is 332 g/mol. The molecule has 7 heteroatoms. The molecule has 1 aliphatic heterocycles. The summed E-state index contributed by atoms with van der Waals surface area (Å²) in [6, 6.07) is 7.83.